The van der Waals surface area contributed by atoms with E-state index in [1.54, 1.807) is 19.1 Å². The number of phenolic OH excluding ortho intramolecular Hbond substituents is 1. The van der Waals surface area contributed by atoms with Gasteiger partial charge in [0.2, 0.25) is 10.0 Å². The molecule has 1 aliphatic rings. The number of carbonyl (C=O) groups excluding carboxylic acids is 2. The Bertz CT molecular complexity index is 1060. The predicted molar refractivity (Wildman–Crippen MR) is 102 cm³/mol. The van der Waals surface area contributed by atoms with E-state index in [2.05, 4.69) is 10.4 Å². The molecule has 1 heterocycles. The third-order valence-corrected chi connectivity index (χ3v) is 5.22. The molecule has 2 amide bonds. The van der Waals surface area contributed by atoms with Gasteiger partial charge in [0, 0.05) is 12.2 Å². The van der Waals surface area contributed by atoms with Crippen LogP contribution in [-0.2, 0) is 14.8 Å². The minimum absolute atomic E-state index is 0.0143. The molecular weight excluding hydrogens is 384 g/mol. The number of carbonyl (C=O) groups is 2. The lowest BCUT2D eigenvalue weighted by atomic mass is 10.0. The maximum Gasteiger partial charge on any atom is 0.284 e. The lowest BCUT2D eigenvalue weighted by molar-refractivity contribution is -0.128. The van der Waals surface area contributed by atoms with Crippen molar-refractivity contribution < 1.29 is 23.1 Å². The normalized spacial score (nSPS) is 16.8. The summed E-state index contributed by atoms with van der Waals surface area (Å²) in [6, 6.07) is 11.7. The molecule has 4 N–H and O–H groups in total. The third-order valence-electron chi connectivity index (χ3n) is 4.29. The van der Waals surface area contributed by atoms with Crippen molar-refractivity contribution in [3.8, 4) is 5.75 Å². The minimum Gasteiger partial charge on any atom is -0.507 e. The molecule has 2 aromatic rings. The lowest BCUT2D eigenvalue weighted by Gasteiger charge is -2.14. The molecule has 1 unspecified atom stereocenters. The summed E-state index contributed by atoms with van der Waals surface area (Å²) in [5.41, 5.74) is 1.01. The lowest BCUT2D eigenvalue weighted by Crippen LogP contribution is -2.35. The van der Waals surface area contributed by atoms with E-state index >= 15 is 0 Å². The molecule has 9 nitrogen and oxygen atoms in total. The molecule has 0 saturated heterocycles. The number of hydrazone groups is 1. The Morgan fingerprint density at radius 1 is 1.21 bits per heavy atom. The third kappa shape index (κ3) is 3.87. The van der Waals surface area contributed by atoms with Crippen LogP contribution in [0.15, 0.2) is 58.5 Å². The van der Waals surface area contributed by atoms with E-state index < -0.39 is 27.8 Å². The van der Waals surface area contributed by atoms with Gasteiger partial charge in [-0.15, -0.1) is 0 Å². The Morgan fingerprint density at radius 3 is 2.46 bits per heavy atom. The number of benzene rings is 2. The molecule has 146 valence electrons. The molecule has 0 radical (unpaired) electrons. The van der Waals surface area contributed by atoms with E-state index in [-0.39, 0.29) is 22.8 Å². The molecule has 2 aromatic carbocycles. The van der Waals surface area contributed by atoms with Gasteiger partial charge in [-0.1, -0.05) is 12.1 Å². The molecular formula is C18H18N4O5S. The van der Waals surface area contributed by atoms with E-state index in [0.717, 1.165) is 5.01 Å². The van der Waals surface area contributed by atoms with Crippen LogP contribution >= 0.6 is 0 Å². The van der Waals surface area contributed by atoms with Gasteiger partial charge in [-0.05, 0) is 43.3 Å². The Labute approximate surface area is 161 Å². The number of amides is 2. The van der Waals surface area contributed by atoms with Crippen LogP contribution in [0, 0.1) is 5.92 Å². The van der Waals surface area contributed by atoms with Gasteiger partial charge in [0.1, 0.15) is 5.75 Å². The van der Waals surface area contributed by atoms with E-state index in [4.69, 9.17) is 5.14 Å². The smallest absolute Gasteiger partial charge is 0.284 e. The first-order valence-corrected chi connectivity index (χ1v) is 9.81. The second kappa shape index (κ2) is 7.41. The zero-order valence-electron chi connectivity index (χ0n) is 14.9. The van der Waals surface area contributed by atoms with Crippen LogP contribution in [0.4, 0.5) is 5.69 Å². The molecule has 1 atom stereocenters. The SMILES string of the molecule is CC1=NN(C(=O)c2ccccc2O)C(=O)C1CNc1ccc(S(N)(=O)=O)cc1. The molecule has 0 aliphatic carbocycles. The molecule has 0 fully saturated rings. The van der Waals surface area contributed by atoms with Crippen LogP contribution in [0.1, 0.15) is 17.3 Å². The number of primary sulfonamides is 1. The van der Waals surface area contributed by atoms with Gasteiger partial charge in [0.25, 0.3) is 11.8 Å². The van der Waals surface area contributed by atoms with Gasteiger partial charge in [-0.25, -0.2) is 13.6 Å². The Balaban J connectivity index is 1.70. The quantitative estimate of drug-likeness (QED) is 0.640. The molecule has 28 heavy (non-hydrogen) atoms. The fraction of sp³-hybridized carbons (Fsp3) is 0.167. The summed E-state index contributed by atoms with van der Waals surface area (Å²) in [6.45, 7) is 1.79. The maximum absolute atomic E-state index is 12.6. The highest BCUT2D eigenvalue weighted by Gasteiger charge is 2.38. The van der Waals surface area contributed by atoms with Crippen LogP contribution in [0.2, 0.25) is 0 Å². The van der Waals surface area contributed by atoms with Gasteiger partial charge < -0.3 is 10.4 Å². The van der Waals surface area contributed by atoms with E-state index in [1.807, 2.05) is 0 Å². The first-order chi connectivity index (χ1) is 13.2. The number of sulfonamides is 1. The molecule has 0 spiro atoms. The number of aromatic hydroxyl groups is 1. The highest BCUT2D eigenvalue weighted by molar-refractivity contribution is 7.89. The number of rotatable bonds is 5. The Morgan fingerprint density at radius 2 is 1.86 bits per heavy atom. The van der Waals surface area contributed by atoms with Crippen molar-refractivity contribution in [2.75, 3.05) is 11.9 Å². The molecule has 0 aromatic heterocycles. The summed E-state index contributed by atoms with van der Waals surface area (Å²) in [7, 11) is -3.78. The maximum atomic E-state index is 12.6. The fourth-order valence-corrected chi connectivity index (χ4v) is 3.25. The van der Waals surface area contributed by atoms with Crippen molar-refractivity contribution in [3.63, 3.8) is 0 Å². The first-order valence-electron chi connectivity index (χ1n) is 8.26. The number of nitrogens with two attached hydrogens (primary N) is 1. The molecule has 1 aliphatic heterocycles. The Kier molecular flexibility index (Phi) is 5.16. The predicted octanol–water partition coefficient (Wildman–Crippen LogP) is 1.13. The first kappa shape index (κ1) is 19.5. The van der Waals surface area contributed by atoms with E-state index in [0.29, 0.717) is 11.4 Å². The number of para-hydroxylation sites is 1. The van der Waals surface area contributed by atoms with E-state index in [9.17, 15) is 23.1 Å². The number of hydrogen-bond acceptors (Lipinski definition) is 7. The second-order valence-corrected chi connectivity index (χ2v) is 7.78. The zero-order chi connectivity index (χ0) is 20.5. The van der Waals surface area contributed by atoms with Crippen molar-refractivity contribution in [2.45, 2.75) is 11.8 Å². The van der Waals surface area contributed by atoms with Crippen LogP contribution in [0.5, 0.6) is 5.75 Å². The standard InChI is InChI=1S/C18H18N4O5S/c1-11-15(10-20-12-6-8-13(9-7-12)28(19,26)27)18(25)22(21-11)17(24)14-4-2-3-5-16(14)23/h2-9,15,20,23H,10H2,1H3,(H2,19,26,27). The van der Waals surface area contributed by atoms with Crippen LogP contribution in [0.3, 0.4) is 0 Å². The molecule has 3 rings (SSSR count). The highest BCUT2D eigenvalue weighted by Crippen LogP contribution is 2.23. The fourth-order valence-electron chi connectivity index (χ4n) is 2.73. The van der Waals surface area contributed by atoms with Crippen LogP contribution in [0.25, 0.3) is 0 Å². The summed E-state index contributed by atoms with van der Waals surface area (Å²) in [4.78, 5) is 25.1. The van der Waals surface area contributed by atoms with Crippen molar-refractivity contribution in [1.82, 2.24) is 5.01 Å². The number of nitrogens with zero attached hydrogens (tertiary/aromatic N) is 2. The van der Waals surface area contributed by atoms with Crippen LogP contribution in [-0.4, -0.2) is 42.6 Å². The summed E-state index contributed by atoms with van der Waals surface area (Å²) in [6.07, 6.45) is 0. The Hall–Kier alpha value is -3.24. The number of nitrogens with one attached hydrogen (secondary N) is 1. The minimum atomic E-state index is -3.78. The number of hydrogen-bond donors (Lipinski definition) is 3. The van der Waals surface area contributed by atoms with Crippen LogP contribution < -0.4 is 10.5 Å². The van der Waals surface area contributed by atoms with Gasteiger partial charge >= 0.3 is 0 Å². The van der Waals surface area contributed by atoms with Crippen molar-refractivity contribution in [3.05, 3.63) is 54.1 Å². The van der Waals surface area contributed by atoms with Gasteiger partial charge in [0.15, 0.2) is 0 Å². The number of phenols is 1. The van der Waals surface area contributed by atoms with E-state index in [1.165, 1.54) is 36.4 Å². The molecule has 10 heteroatoms. The summed E-state index contributed by atoms with van der Waals surface area (Å²) in [5.74, 6) is -2.13. The topological polar surface area (TPSA) is 142 Å². The largest absolute Gasteiger partial charge is 0.507 e. The second-order valence-electron chi connectivity index (χ2n) is 6.22. The van der Waals surface area contributed by atoms with Gasteiger partial charge in [-0.3, -0.25) is 9.59 Å². The molecule has 0 saturated carbocycles. The van der Waals surface area contributed by atoms with Crippen molar-refractivity contribution in [1.29, 1.82) is 0 Å². The van der Waals surface area contributed by atoms with Crippen molar-refractivity contribution in [2.24, 2.45) is 16.2 Å². The highest BCUT2D eigenvalue weighted by atomic mass is 32.2. The van der Waals surface area contributed by atoms with Gasteiger partial charge in [-0.2, -0.15) is 10.1 Å². The number of imide groups is 1. The summed E-state index contributed by atoms with van der Waals surface area (Å²) >= 11 is 0. The number of anilines is 1. The summed E-state index contributed by atoms with van der Waals surface area (Å²) < 4.78 is 22.6. The summed E-state index contributed by atoms with van der Waals surface area (Å²) in [5, 5.41) is 22.7. The average Bonchev–Trinajstić information content (AvgIpc) is 2.93. The molecule has 0 bridgehead atoms. The monoisotopic (exact) mass is 402 g/mol. The van der Waals surface area contributed by atoms with Gasteiger partial charge in [0.05, 0.1) is 22.1 Å². The van der Waals surface area contributed by atoms with Crippen molar-refractivity contribution >= 4 is 33.2 Å². The zero-order valence-corrected chi connectivity index (χ0v) is 15.7. The average molecular weight is 402 g/mol.